The summed E-state index contributed by atoms with van der Waals surface area (Å²) >= 11 is 5.99. The molecule has 108 valence electrons. The van der Waals surface area contributed by atoms with Crippen molar-refractivity contribution in [2.45, 2.75) is 25.1 Å². The van der Waals surface area contributed by atoms with E-state index in [9.17, 15) is 8.42 Å². The van der Waals surface area contributed by atoms with Gasteiger partial charge in [0.1, 0.15) is 0 Å². The summed E-state index contributed by atoms with van der Waals surface area (Å²) in [5.74, 6) is 0.607. The summed E-state index contributed by atoms with van der Waals surface area (Å²) in [4.78, 5) is 0. The van der Waals surface area contributed by atoms with Crippen LogP contribution in [0.5, 0.6) is 0 Å². The SMILES string of the molecule is COCC(Cl)CN(C)S(=O)(=O)N1CCC(C)CC1. The fraction of sp³-hybridized carbons (Fsp3) is 1.00. The summed E-state index contributed by atoms with van der Waals surface area (Å²) in [5, 5.41) is -0.321. The van der Waals surface area contributed by atoms with Crippen LogP contribution in [0.1, 0.15) is 19.8 Å². The van der Waals surface area contributed by atoms with Crippen LogP contribution in [0, 0.1) is 5.92 Å². The van der Waals surface area contributed by atoms with Gasteiger partial charge >= 0.3 is 0 Å². The smallest absolute Gasteiger partial charge is 0.281 e. The van der Waals surface area contributed by atoms with Gasteiger partial charge in [0.2, 0.25) is 0 Å². The van der Waals surface area contributed by atoms with Crippen LogP contribution in [-0.2, 0) is 14.9 Å². The van der Waals surface area contributed by atoms with Crippen molar-refractivity contribution >= 4 is 21.8 Å². The molecule has 1 aliphatic heterocycles. The Bertz CT molecular complexity index is 342. The zero-order valence-corrected chi connectivity index (χ0v) is 12.9. The van der Waals surface area contributed by atoms with Crippen molar-refractivity contribution in [1.82, 2.24) is 8.61 Å². The van der Waals surface area contributed by atoms with Gasteiger partial charge in [-0.05, 0) is 18.8 Å². The quantitative estimate of drug-likeness (QED) is 0.691. The predicted octanol–water partition coefficient (Wildman–Crippen LogP) is 1.15. The molecule has 0 N–H and O–H groups in total. The zero-order chi connectivity index (χ0) is 13.8. The lowest BCUT2D eigenvalue weighted by molar-refractivity contribution is 0.190. The topological polar surface area (TPSA) is 49.9 Å². The molecular weight excluding hydrogens is 276 g/mol. The largest absolute Gasteiger partial charge is 0.383 e. The molecule has 0 bridgehead atoms. The number of hydrogen-bond donors (Lipinski definition) is 0. The molecule has 0 aromatic heterocycles. The Labute approximate surface area is 115 Å². The van der Waals surface area contributed by atoms with Gasteiger partial charge < -0.3 is 4.74 Å². The predicted molar refractivity (Wildman–Crippen MR) is 73.0 cm³/mol. The summed E-state index contributed by atoms with van der Waals surface area (Å²) in [6.45, 7) is 3.97. The van der Waals surface area contributed by atoms with Gasteiger partial charge in [-0.1, -0.05) is 6.92 Å². The van der Waals surface area contributed by atoms with E-state index in [1.165, 1.54) is 4.31 Å². The summed E-state index contributed by atoms with van der Waals surface area (Å²) in [6, 6.07) is 0. The lowest BCUT2D eigenvalue weighted by Gasteiger charge is -2.33. The number of alkyl halides is 1. The molecular formula is C11H23ClN2O3S. The third kappa shape index (κ3) is 4.35. The Morgan fingerprint density at radius 2 is 2.00 bits per heavy atom. The van der Waals surface area contributed by atoms with E-state index in [1.54, 1.807) is 18.5 Å². The summed E-state index contributed by atoms with van der Waals surface area (Å²) < 4.78 is 32.3. The molecule has 0 aromatic carbocycles. The third-order valence-electron chi connectivity index (χ3n) is 3.27. The molecule has 0 radical (unpaired) electrons. The van der Waals surface area contributed by atoms with Crippen molar-refractivity contribution in [2.75, 3.05) is 40.4 Å². The highest BCUT2D eigenvalue weighted by atomic mass is 35.5. The van der Waals surface area contributed by atoms with Crippen LogP contribution in [0.25, 0.3) is 0 Å². The van der Waals surface area contributed by atoms with E-state index < -0.39 is 10.2 Å². The monoisotopic (exact) mass is 298 g/mol. The molecule has 0 saturated carbocycles. The van der Waals surface area contributed by atoms with E-state index in [-0.39, 0.29) is 11.9 Å². The highest BCUT2D eigenvalue weighted by Crippen LogP contribution is 2.20. The average molecular weight is 299 g/mol. The lowest BCUT2D eigenvalue weighted by Crippen LogP contribution is -2.47. The molecule has 18 heavy (non-hydrogen) atoms. The zero-order valence-electron chi connectivity index (χ0n) is 11.3. The molecule has 1 heterocycles. The molecule has 1 rings (SSSR count). The standard InChI is InChI=1S/C11H23ClN2O3S/c1-10-4-6-14(7-5-10)18(15,16)13(2)8-11(12)9-17-3/h10-11H,4-9H2,1-3H3. The third-order valence-corrected chi connectivity index (χ3v) is 5.48. The lowest BCUT2D eigenvalue weighted by atomic mass is 10.0. The normalized spacial score (nSPS) is 21.4. The van der Waals surface area contributed by atoms with E-state index in [1.807, 2.05) is 0 Å². The number of ether oxygens (including phenoxy) is 1. The first-order valence-electron chi connectivity index (χ1n) is 6.22. The molecule has 1 fully saturated rings. The highest BCUT2D eigenvalue weighted by Gasteiger charge is 2.30. The maximum atomic E-state index is 12.3. The van der Waals surface area contributed by atoms with Crippen LogP contribution in [0.3, 0.4) is 0 Å². The molecule has 1 unspecified atom stereocenters. The molecule has 1 aliphatic rings. The Morgan fingerprint density at radius 3 is 2.50 bits per heavy atom. The van der Waals surface area contributed by atoms with Crippen molar-refractivity contribution < 1.29 is 13.2 Å². The Kier molecular flexibility index (Phi) is 6.34. The minimum Gasteiger partial charge on any atom is -0.383 e. The number of methoxy groups -OCH3 is 1. The molecule has 5 nitrogen and oxygen atoms in total. The second-order valence-corrected chi connectivity index (χ2v) is 7.58. The van der Waals surface area contributed by atoms with Gasteiger partial charge in [-0.25, -0.2) is 0 Å². The number of rotatable bonds is 6. The molecule has 0 spiro atoms. The van der Waals surface area contributed by atoms with Crippen LogP contribution in [0.4, 0.5) is 0 Å². The van der Waals surface area contributed by atoms with Gasteiger partial charge in [0, 0.05) is 33.8 Å². The number of nitrogens with zero attached hydrogens (tertiary/aromatic N) is 2. The molecule has 1 atom stereocenters. The van der Waals surface area contributed by atoms with E-state index in [2.05, 4.69) is 6.92 Å². The Balaban J connectivity index is 2.56. The van der Waals surface area contributed by atoms with Crippen molar-refractivity contribution in [3.8, 4) is 0 Å². The molecule has 0 aliphatic carbocycles. The molecule has 0 aromatic rings. The van der Waals surface area contributed by atoms with Gasteiger partial charge in [0.15, 0.2) is 0 Å². The second kappa shape index (κ2) is 7.05. The van der Waals surface area contributed by atoms with Crippen molar-refractivity contribution in [3.63, 3.8) is 0 Å². The van der Waals surface area contributed by atoms with E-state index in [0.29, 0.717) is 25.6 Å². The Hall–Kier alpha value is 0.120. The van der Waals surface area contributed by atoms with Crippen LogP contribution in [-0.4, -0.2) is 62.8 Å². The minimum atomic E-state index is -3.37. The first-order valence-corrected chi connectivity index (χ1v) is 8.05. The first-order chi connectivity index (χ1) is 8.37. The van der Waals surface area contributed by atoms with Gasteiger partial charge in [0.25, 0.3) is 10.2 Å². The van der Waals surface area contributed by atoms with Gasteiger partial charge in [-0.2, -0.15) is 17.0 Å². The summed E-state index contributed by atoms with van der Waals surface area (Å²) in [6.07, 6.45) is 1.85. The number of hydrogen-bond acceptors (Lipinski definition) is 3. The maximum absolute atomic E-state index is 12.3. The number of halogens is 1. The van der Waals surface area contributed by atoms with Crippen LogP contribution in [0.2, 0.25) is 0 Å². The molecule has 1 saturated heterocycles. The Morgan fingerprint density at radius 1 is 1.44 bits per heavy atom. The van der Waals surface area contributed by atoms with Crippen LogP contribution < -0.4 is 0 Å². The average Bonchev–Trinajstić information content (AvgIpc) is 2.29. The van der Waals surface area contributed by atoms with Gasteiger partial charge in [-0.3, -0.25) is 0 Å². The molecule has 0 amide bonds. The second-order valence-electron chi connectivity index (χ2n) is 4.92. The summed E-state index contributed by atoms with van der Waals surface area (Å²) in [7, 11) is -0.253. The van der Waals surface area contributed by atoms with Crippen LogP contribution >= 0.6 is 11.6 Å². The fourth-order valence-electron chi connectivity index (χ4n) is 2.02. The van der Waals surface area contributed by atoms with E-state index in [0.717, 1.165) is 12.8 Å². The molecule has 7 heteroatoms. The van der Waals surface area contributed by atoms with Gasteiger partial charge in [0.05, 0.1) is 12.0 Å². The van der Waals surface area contributed by atoms with Crippen molar-refractivity contribution in [1.29, 1.82) is 0 Å². The van der Waals surface area contributed by atoms with E-state index >= 15 is 0 Å². The van der Waals surface area contributed by atoms with Crippen LogP contribution in [0.15, 0.2) is 0 Å². The maximum Gasteiger partial charge on any atom is 0.281 e. The summed E-state index contributed by atoms with van der Waals surface area (Å²) in [5.41, 5.74) is 0. The fourth-order valence-corrected chi connectivity index (χ4v) is 3.87. The first kappa shape index (κ1) is 16.2. The minimum absolute atomic E-state index is 0.268. The number of piperidine rings is 1. The van der Waals surface area contributed by atoms with Gasteiger partial charge in [-0.15, -0.1) is 11.6 Å². The van der Waals surface area contributed by atoms with Crippen molar-refractivity contribution in [3.05, 3.63) is 0 Å². The highest BCUT2D eigenvalue weighted by molar-refractivity contribution is 7.86. The van der Waals surface area contributed by atoms with E-state index in [4.69, 9.17) is 16.3 Å². The van der Waals surface area contributed by atoms with Crippen molar-refractivity contribution in [2.24, 2.45) is 5.92 Å².